The van der Waals surface area contributed by atoms with Crippen molar-refractivity contribution >= 4 is 11.9 Å². The number of amides is 1. The highest BCUT2D eigenvalue weighted by atomic mass is 16.1. The molecule has 1 rings (SSSR count). The Morgan fingerprint density at radius 3 is 2.82 bits per heavy atom. The molecule has 1 aliphatic carbocycles. The molecule has 0 saturated heterocycles. The van der Waals surface area contributed by atoms with Crippen molar-refractivity contribution in [2.24, 2.45) is 10.7 Å². The summed E-state index contributed by atoms with van der Waals surface area (Å²) in [5.41, 5.74) is 6.60. The average molecular weight is 238 g/mol. The highest BCUT2D eigenvalue weighted by molar-refractivity contribution is 5.78. The monoisotopic (exact) mass is 238 g/mol. The van der Waals surface area contributed by atoms with Gasteiger partial charge in [-0.1, -0.05) is 12.2 Å². The van der Waals surface area contributed by atoms with E-state index in [0.29, 0.717) is 31.5 Å². The predicted octanol–water partition coefficient (Wildman–Crippen LogP) is 0.526. The molecule has 0 radical (unpaired) electrons. The molecular weight excluding hydrogens is 216 g/mol. The van der Waals surface area contributed by atoms with E-state index in [4.69, 9.17) is 5.73 Å². The van der Waals surface area contributed by atoms with Crippen molar-refractivity contribution < 1.29 is 4.79 Å². The molecule has 4 N–H and O–H groups in total. The number of carbonyl (C=O) groups excluding carboxylic acids is 1. The smallest absolute Gasteiger partial charge is 0.220 e. The number of hydrogen-bond donors (Lipinski definition) is 3. The molecule has 0 aromatic carbocycles. The van der Waals surface area contributed by atoms with E-state index in [-0.39, 0.29) is 5.91 Å². The van der Waals surface area contributed by atoms with Gasteiger partial charge in [0.05, 0.1) is 6.54 Å². The van der Waals surface area contributed by atoms with E-state index in [2.05, 4.69) is 22.2 Å². The number of nitrogens with zero attached hydrogens (tertiary/aromatic N) is 1. The lowest BCUT2D eigenvalue weighted by Gasteiger charge is -2.06. The molecule has 1 aliphatic rings. The largest absolute Gasteiger partial charge is 0.370 e. The molecule has 1 amide bonds. The maximum atomic E-state index is 11.3. The standard InChI is InChI=1S/C12H22N4O/c1-9(2)8-15-12(13)14-7-3-4-11(17)16-10-5-6-10/h10H,1,3-8H2,2H3,(H,16,17)(H3,13,14,15). The first kappa shape index (κ1) is 13.5. The highest BCUT2D eigenvalue weighted by Gasteiger charge is 2.22. The Bertz CT molecular complexity index is 308. The minimum absolute atomic E-state index is 0.131. The molecule has 5 nitrogen and oxygen atoms in total. The third-order valence-corrected chi connectivity index (χ3v) is 2.35. The predicted molar refractivity (Wildman–Crippen MR) is 69.7 cm³/mol. The van der Waals surface area contributed by atoms with Crippen molar-refractivity contribution in [2.75, 3.05) is 13.1 Å². The maximum absolute atomic E-state index is 11.3. The molecule has 0 aliphatic heterocycles. The number of guanidine groups is 1. The van der Waals surface area contributed by atoms with E-state index >= 15 is 0 Å². The number of carbonyl (C=O) groups is 1. The van der Waals surface area contributed by atoms with Crippen molar-refractivity contribution in [3.63, 3.8) is 0 Å². The van der Waals surface area contributed by atoms with Gasteiger partial charge in [0.25, 0.3) is 0 Å². The van der Waals surface area contributed by atoms with E-state index in [1.54, 1.807) is 0 Å². The first-order valence-corrected chi connectivity index (χ1v) is 6.05. The molecule has 0 unspecified atom stereocenters. The Kier molecular flexibility index (Phi) is 5.52. The lowest BCUT2D eigenvalue weighted by molar-refractivity contribution is -0.121. The Morgan fingerprint density at radius 1 is 1.53 bits per heavy atom. The fourth-order valence-electron chi connectivity index (χ4n) is 1.27. The third kappa shape index (κ3) is 7.38. The second kappa shape index (κ2) is 6.93. The van der Waals surface area contributed by atoms with Gasteiger partial charge in [-0.25, -0.2) is 4.99 Å². The molecule has 17 heavy (non-hydrogen) atoms. The van der Waals surface area contributed by atoms with E-state index in [1.807, 2.05) is 6.92 Å². The lowest BCUT2D eigenvalue weighted by Crippen LogP contribution is -2.33. The normalized spacial score (nSPS) is 15.5. The molecule has 1 saturated carbocycles. The molecule has 0 aromatic heterocycles. The molecule has 0 atom stereocenters. The zero-order chi connectivity index (χ0) is 12.7. The van der Waals surface area contributed by atoms with Gasteiger partial charge in [0.2, 0.25) is 5.91 Å². The molecule has 0 heterocycles. The van der Waals surface area contributed by atoms with Crippen LogP contribution in [0.3, 0.4) is 0 Å². The number of hydrogen-bond acceptors (Lipinski definition) is 2. The van der Waals surface area contributed by atoms with Crippen LogP contribution in [-0.2, 0) is 4.79 Å². The Morgan fingerprint density at radius 2 is 2.24 bits per heavy atom. The van der Waals surface area contributed by atoms with Gasteiger partial charge in [0, 0.05) is 19.0 Å². The fourth-order valence-corrected chi connectivity index (χ4v) is 1.27. The summed E-state index contributed by atoms with van der Waals surface area (Å²) in [4.78, 5) is 15.4. The number of nitrogens with one attached hydrogen (secondary N) is 2. The summed E-state index contributed by atoms with van der Waals surface area (Å²) in [6.45, 7) is 6.85. The minimum atomic E-state index is 0.131. The van der Waals surface area contributed by atoms with Crippen LogP contribution in [0, 0.1) is 0 Å². The van der Waals surface area contributed by atoms with Gasteiger partial charge in [-0.2, -0.15) is 0 Å². The van der Waals surface area contributed by atoms with Gasteiger partial charge >= 0.3 is 0 Å². The maximum Gasteiger partial charge on any atom is 0.220 e. The summed E-state index contributed by atoms with van der Waals surface area (Å²) < 4.78 is 0. The minimum Gasteiger partial charge on any atom is -0.370 e. The van der Waals surface area contributed by atoms with Crippen molar-refractivity contribution in [2.45, 2.75) is 38.6 Å². The summed E-state index contributed by atoms with van der Waals surface area (Å²) in [5, 5.41) is 5.91. The van der Waals surface area contributed by atoms with Gasteiger partial charge in [0.15, 0.2) is 5.96 Å². The van der Waals surface area contributed by atoms with Gasteiger partial charge in [-0.05, 0) is 26.2 Å². The van der Waals surface area contributed by atoms with E-state index in [9.17, 15) is 4.79 Å². The molecule has 0 bridgehead atoms. The van der Waals surface area contributed by atoms with E-state index in [1.165, 1.54) is 0 Å². The van der Waals surface area contributed by atoms with E-state index in [0.717, 1.165) is 24.8 Å². The summed E-state index contributed by atoms with van der Waals surface area (Å²) in [6.07, 6.45) is 3.56. The summed E-state index contributed by atoms with van der Waals surface area (Å²) in [6, 6.07) is 0.442. The van der Waals surface area contributed by atoms with Crippen LogP contribution in [0.5, 0.6) is 0 Å². The Balaban J connectivity index is 2.00. The van der Waals surface area contributed by atoms with Crippen molar-refractivity contribution in [3.8, 4) is 0 Å². The zero-order valence-electron chi connectivity index (χ0n) is 10.5. The van der Waals surface area contributed by atoms with Crippen LogP contribution >= 0.6 is 0 Å². The molecule has 0 aromatic rings. The van der Waals surface area contributed by atoms with Crippen LogP contribution in [0.1, 0.15) is 32.6 Å². The van der Waals surface area contributed by atoms with Gasteiger partial charge < -0.3 is 16.4 Å². The van der Waals surface area contributed by atoms with Crippen LogP contribution in [0.4, 0.5) is 0 Å². The number of aliphatic imine (C=N–C) groups is 1. The zero-order valence-corrected chi connectivity index (χ0v) is 10.5. The van der Waals surface area contributed by atoms with Crippen LogP contribution in [0.2, 0.25) is 0 Å². The second-order valence-corrected chi connectivity index (χ2v) is 4.53. The highest BCUT2D eigenvalue weighted by Crippen LogP contribution is 2.18. The van der Waals surface area contributed by atoms with Gasteiger partial charge in [-0.15, -0.1) is 0 Å². The topological polar surface area (TPSA) is 79.5 Å². The number of nitrogens with two attached hydrogens (primary N) is 1. The molecular formula is C12H22N4O. The second-order valence-electron chi connectivity index (χ2n) is 4.53. The molecule has 0 spiro atoms. The quantitative estimate of drug-likeness (QED) is 0.262. The first-order chi connectivity index (χ1) is 8.08. The Hall–Kier alpha value is -1.52. The summed E-state index contributed by atoms with van der Waals surface area (Å²) in [7, 11) is 0. The SMILES string of the molecule is C=C(C)CN=C(N)NCCCC(=O)NC1CC1. The molecule has 96 valence electrons. The third-order valence-electron chi connectivity index (χ3n) is 2.35. The lowest BCUT2D eigenvalue weighted by atomic mass is 10.3. The first-order valence-electron chi connectivity index (χ1n) is 6.05. The van der Waals surface area contributed by atoms with Crippen LogP contribution in [0.15, 0.2) is 17.1 Å². The summed E-state index contributed by atoms with van der Waals surface area (Å²) in [5.74, 6) is 0.544. The van der Waals surface area contributed by atoms with Crippen LogP contribution < -0.4 is 16.4 Å². The average Bonchev–Trinajstić information content (AvgIpc) is 3.05. The fraction of sp³-hybridized carbons (Fsp3) is 0.667. The van der Waals surface area contributed by atoms with E-state index < -0.39 is 0 Å². The number of rotatable bonds is 7. The molecule has 1 fully saturated rings. The van der Waals surface area contributed by atoms with Crippen molar-refractivity contribution in [1.82, 2.24) is 10.6 Å². The summed E-state index contributed by atoms with van der Waals surface area (Å²) >= 11 is 0. The van der Waals surface area contributed by atoms with Gasteiger partial charge in [0.1, 0.15) is 0 Å². The van der Waals surface area contributed by atoms with Crippen molar-refractivity contribution in [3.05, 3.63) is 12.2 Å². The van der Waals surface area contributed by atoms with Crippen molar-refractivity contribution in [1.29, 1.82) is 0 Å². The Labute approximate surface area is 103 Å². The van der Waals surface area contributed by atoms with Crippen LogP contribution in [-0.4, -0.2) is 31.0 Å². The van der Waals surface area contributed by atoms with Gasteiger partial charge in [-0.3, -0.25) is 4.79 Å². The molecule has 5 heteroatoms. The van der Waals surface area contributed by atoms with Crippen LogP contribution in [0.25, 0.3) is 0 Å².